The van der Waals surface area contributed by atoms with E-state index in [2.05, 4.69) is 12.2 Å². The monoisotopic (exact) mass is 446 g/mol. The normalized spacial score (nSPS) is 21.3. The van der Waals surface area contributed by atoms with E-state index in [0.29, 0.717) is 17.2 Å². The molecule has 1 saturated carbocycles. The molecule has 1 N–H and O–H groups in total. The van der Waals surface area contributed by atoms with Gasteiger partial charge in [-0.15, -0.1) is 11.8 Å². The molecule has 0 bridgehead atoms. The highest BCUT2D eigenvalue weighted by Crippen LogP contribution is 2.38. The number of nitrogens with zero attached hydrogens (tertiary/aromatic N) is 1. The summed E-state index contributed by atoms with van der Waals surface area (Å²) in [5.74, 6) is 0.00523. The van der Waals surface area contributed by atoms with Crippen LogP contribution in [0.1, 0.15) is 48.5 Å². The molecule has 1 aliphatic carbocycles. The Hall–Kier alpha value is -2.05. The fourth-order valence-corrected chi connectivity index (χ4v) is 5.28. The van der Waals surface area contributed by atoms with E-state index in [0.717, 1.165) is 24.2 Å². The topological polar surface area (TPSA) is 49.4 Å². The molecule has 0 radical (unpaired) electrons. The summed E-state index contributed by atoms with van der Waals surface area (Å²) in [6.07, 6.45) is 4.45. The SMILES string of the molecule is CC1CCCCC1NC(=O)c1ccc2c(c1)N(Cc1c(F)cccc1Cl)C(=O)CS2. The Morgan fingerprint density at radius 1 is 1.27 bits per heavy atom. The second kappa shape index (κ2) is 8.98. The standard InChI is InChI=1S/C23H24ClFN2O2S/c1-14-5-2-3-8-19(14)26-23(29)15-9-10-21-20(11-15)27(22(28)13-30-21)12-16-17(24)6-4-7-18(16)25/h4,6-7,9-11,14,19H,2-3,5,8,12-13H2,1H3,(H,26,29). The first-order chi connectivity index (χ1) is 14.4. The average molecular weight is 447 g/mol. The van der Waals surface area contributed by atoms with Gasteiger partial charge in [0.25, 0.3) is 5.91 Å². The number of amides is 2. The summed E-state index contributed by atoms with van der Waals surface area (Å²) in [5.41, 5.74) is 1.41. The average Bonchev–Trinajstić information content (AvgIpc) is 2.73. The van der Waals surface area contributed by atoms with Crippen molar-refractivity contribution in [1.82, 2.24) is 5.32 Å². The van der Waals surface area contributed by atoms with E-state index in [4.69, 9.17) is 11.6 Å². The molecule has 2 amide bonds. The molecule has 0 spiro atoms. The quantitative estimate of drug-likeness (QED) is 0.681. The second-order valence-corrected chi connectivity index (χ2v) is 9.42. The number of carbonyl (C=O) groups is 2. The summed E-state index contributed by atoms with van der Waals surface area (Å²) in [5, 5.41) is 3.44. The molecule has 2 unspecified atom stereocenters. The van der Waals surface area contributed by atoms with Crippen LogP contribution in [0.15, 0.2) is 41.3 Å². The Morgan fingerprint density at radius 2 is 2.07 bits per heavy atom. The van der Waals surface area contributed by atoms with E-state index in [1.54, 1.807) is 18.2 Å². The van der Waals surface area contributed by atoms with Crippen molar-refractivity contribution in [2.45, 2.75) is 50.1 Å². The molecule has 4 nitrogen and oxygen atoms in total. The second-order valence-electron chi connectivity index (χ2n) is 7.99. The van der Waals surface area contributed by atoms with Crippen molar-refractivity contribution in [3.63, 3.8) is 0 Å². The number of hydrogen-bond acceptors (Lipinski definition) is 3. The molecule has 1 aliphatic heterocycles. The minimum Gasteiger partial charge on any atom is -0.349 e. The molecule has 4 rings (SSSR count). The number of carbonyl (C=O) groups excluding carboxylic acids is 2. The van der Waals surface area contributed by atoms with Crippen molar-refractivity contribution < 1.29 is 14.0 Å². The maximum absolute atomic E-state index is 14.3. The van der Waals surface area contributed by atoms with Crippen LogP contribution in [0.2, 0.25) is 5.02 Å². The van der Waals surface area contributed by atoms with Gasteiger partial charge in [-0.2, -0.15) is 0 Å². The fraction of sp³-hybridized carbons (Fsp3) is 0.391. The number of anilines is 1. The molecule has 1 heterocycles. The zero-order valence-electron chi connectivity index (χ0n) is 16.8. The molecule has 2 aromatic carbocycles. The third-order valence-corrected chi connectivity index (χ3v) is 7.37. The lowest BCUT2D eigenvalue weighted by atomic mass is 9.86. The predicted octanol–water partition coefficient (Wildman–Crippen LogP) is 5.43. The number of halogens is 2. The van der Waals surface area contributed by atoms with E-state index in [9.17, 15) is 14.0 Å². The molecule has 158 valence electrons. The van der Waals surface area contributed by atoms with Crippen LogP contribution in [-0.2, 0) is 11.3 Å². The van der Waals surface area contributed by atoms with Crippen molar-refractivity contribution >= 4 is 40.9 Å². The zero-order chi connectivity index (χ0) is 21.3. The molecule has 1 fully saturated rings. The largest absolute Gasteiger partial charge is 0.349 e. The Labute approximate surface area is 185 Å². The third kappa shape index (κ3) is 4.35. The van der Waals surface area contributed by atoms with E-state index < -0.39 is 5.82 Å². The van der Waals surface area contributed by atoms with Crippen LogP contribution >= 0.6 is 23.4 Å². The van der Waals surface area contributed by atoms with Crippen LogP contribution < -0.4 is 10.2 Å². The highest BCUT2D eigenvalue weighted by Gasteiger charge is 2.28. The molecular weight excluding hydrogens is 423 g/mol. The van der Waals surface area contributed by atoms with Gasteiger partial charge in [0.1, 0.15) is 5.82 Å². The Bertz CT molecular complexity index is 963. The molecule has 2 aromatic rings. The van der Waals surface area contributed by atoms with Crippen LogP contribution in [0.4, 0.5) is 10.1 Å². The lowest BCUT2D eigenvalue weighted by Crippen LogP contribution is -2.41. The first kappa shape index (κ1) is 21.2. The number of nitrogens with one attached hydrogen (secondary N) is 1. The first-order valence-corrected chi connectivity index (χ1v) is 11.6. The van der Waals surface area contributed by atoms with Gasteiger partial charge in [0.2, 0.25) is 5.91 Å². The molecule has 0 saturated heterocycles. The Balaban J connectivity index is 1.60. The number of thioether (sulfide) groups is 1. The van der Waals surface area contributed by atoms with E-state index in [1.807, 2.05) is 6.07 Å². The molecule has 2 aliphatic rings. The van der Waals surface area contributed by atoms with Crippen LogP contribution in [-0.4, -0.2) is 23.6 Å². The van der Waals surface area contributed by atoms with Crippen LogP contribution in [0.3, 0.4) is 0 Å². The maximum atomic E-state index is 14.3. The molecule has 2 atom stereocenters. The van der Waals surface area contributed by atoms with Gasteiger partial charge in [-0.1, -0.05) is 37.4 Å². The highest BCUT2D eigenvalue weighted by molar-refractivity contribution is 8.00. The zero-order valence-corrected chi connectivity index (χ0v) is 18.4. The summed E-state index contributed by atoms with van der Waals surface area (Å²) in [6, 6.07) is 10.0. The van der Waals surface area contributed by atoms with Gasteiger partial charge in [0.15, 0.2) is 0 Å². The van der Waals surface area contributed by atoms with Gasteiger partial charge in [-0.25, -0.2) is 4.39 Å². The van der Waals surface area contributed by atoms with Gasteiger partial charge in [-0.3, -0.25) is 9.59 Å². The molecular formula is C23H24ClFN2O2S. The number of rotatable bonds is 4. The van der Waals surface area contributed by atoms with Gasteiger partial charge in [0.05, 0.1) is 18.0 Å². The van der Waals surface area contributed by atoms with Crippen LogP contribution in [0, 0.1) is 11.7 Å². The number of fused-ring (bicyclic) bond motifs is 1. The van der Waals surface area contributed by atoms with Crippen LogP contribution in [0.5, 0.6) is 0 Å². The third-order valence-electron chi connectivity index (χ3n) is 5.97. The smallest absolute Gasteiger partial charge is 0.251 e. The van der Waals surface area contributed by atoms with Crippen molar-refractivity contribution in [2.75, 3.05) is 10.7 Å². The van der Waals surface area contributed by atoms with Gasteiger partial charge < -0.3 is 10.2 Å². The lowest BCUT2D eigenvalue weighted by Gasteiger charge is -2.31. The highest BCUT2D eigenvalue weighted by atomic mass is 35.5. The number of hydrogen-bond donors (Lipinski definition) is 1. The van der Waals surface area contributed by atoms with Gasteiger partial charge in [-0.05, 0) is 49.1 Å². The lowest BCUT2D eigenvalue weighted by molar-refractivity contribution is -0.116. The van der Waals surface area contributed by atoms with Crippen molar-refractivity contribution in [3.05, 3.63) is 58.4 Å². The minimum absolute atomic E-state index is 0.0304. The fourth-order valence-electron chi connectivity index (χ4n) is 4.14. The van der Waals surface area contributed by atoms with Gasteiger partial charge >= 0.3 is 0 Å². The van der Waals surface area contributed by atoms with Gasteiger partial charge in [0, 0.05) is 27.1 Å². The summed E-state index contributed by atoms with van der Waals surface area (Å²) in [4.78, 5) is 28.0. The summed E-state index contributed by atoms with van der Waals surface area (Å²) in [7, 11) is 0. The molecule has 7 heteroatoms. The summed E-state index contributed by atoms with van der Waals surface area (Å²) < 4.78 is 14.3. The van der Waals surface area contributed by atoms with E-state index in [-0.39, 0.29) is 40.7 Å². The number of benzene rings is 2. The van der Waals surface area contributed by atoms with Crippen molar-refractivity contribution in [1.29, 1.82) is 0 Å². The van der Waals surface area contributed by atoms with Crippen molar-refractivity contribution in [2.24, 2.45) is 5.92 Å². The first-order valence-electron chi connectivity index (χ1n) is 10.2. The van der Waals surface area contributed by atoms with E-state index in [1.165, 1.54) is 35.2 Å². The summed E-state index contributed by atoms with van der Waals surface area (Å²) >= 11 is 7.61. The molecule has 30 heavy (non-hydrogen) atoms. The van der Waals surface area contributed by atoms with Crippen LogP contribution in [0.25, 0.3) is 0 Å². The van der Waals surface area contributed by atoms with Crippen molar-refractivity contribution in [3.8, 4) is 0 Å². The Morgan fingerprint density at radius 3 is 2.83 bits per heavy atom. The minimum atomic E-state index is -0.449. The molecule has 0 aromatic heterocycles. The summed E-state index contributed by atoms with van der Waals surface area (Å²) in [6.45, 7) is 2.20. The Kier molecular flexibility index (Phi) is 6.34. The predicted molar refractivity (Wildman–Crippen MR) is 119 cm³/mol. The maximum Gasteiger partial charge on any atom is 0.251 e. The van der Waals surface area contributed by atoms with E-state index >= 15 is 0 Å².